The van der Waals surface area contributed by atoms with E-state index in [1.165, 1.54) is 19.9 Å². The van der Waals surface area contributed by atoms with Gasteiger partial charge in [-0.1, -0.05) is 6.92 Å². The number of aryl methyl sites for hydroxylation is 1. The van der Waals surface area contributed by atoms with Gasteiger partial charge < -0.3 is 14.7 Å². The van der Waals surface area contributed by atoms with Crippen LogP contribution in [0.4, 0.5) is 50.0 Å². The number of hydrogen-bond acceptors (Lipinski definition) is 4. The van der Waals surface area contributed by atoms with Crippen LogP contribution < -0.4 is 4.90 Å². The van der Waals surface area contributed by atoms with Gasteiger partial charge in [0.25, 0.3) is 0 Å². The zero-order chi connectivity index (χ0) is 35.8. The number of halogens is 9. The standard InChI is InChI=1S/C33H37F9N2O4/c1-4-9-43(16-21-7-5-20(6-8-21)11-28(45)46)27-10-18(2)26(33(40,41)42)14-23(27)17-44-19(3)29(48-30(44)47)22-12-24(31(34,35)36)15-25(13-22)32(37,38)39/h10,12-15,19-21,29H,4-9,11,16-17H2,1-3H3,(H,45,46)/t19-,20?,21?,29-/m0/s1. The van der Waals surface area contributed by atoms with Gasteiger partial charge in [0.05, 0.1) is 29.3 Å². The van der Waals surface area contributed by atoms with Crippen molar-refractivity contribution in [1.82, 2.24) is 4.90 Å². The molecule has 1 heterocycles. The number of carboxylic acids is 1. The maximum absolute atomic E-state index is 14.1. The van der Waals surface area contributed by atoms with E-state index in [2.05, 4.69) is 0 Å². The molecule has 2 aliphatic rings. The summed E-state index contributed by atoms with van der Waals surface area (Å²) in [5.74, 6) is -0.704. The molecule has 6 nitrogen and oxygen atoms in total. The summed E-state index contributed by atoms with van der Waals surface area (Å²) in [7, 11) is 0. The van der Waals surface area contributed by atoms with Crippen LogP contribution in [-0.2, 0) is 34.6 Å². The Labute approximate surface area is 271 Å². The number of ether oxygens (including phenoxy) is 1. The minimum atomic E-state index is -5.13. The van der Waals surface area contributed by atoms with E-state index < -0.39 is 71.5 Å². The highest BCUT2D eigenvalue weighted by Gasteiger charge is 2.44. The zero-order valence-corrected chi connectivity index (χ0v) is 26.5. The van der Waals surface area contributed by atoms with Crippen molar-refractivity contribution in [3.05, 3.63) is 63.7 Å². The summed E-state index contributed by atoms with van der Waals surface area (Å²) < 4.78 is 129. The van der Waals surface area contributed by atoms with Gasteiger partial charge in [-0.05, 0) is 105 Å². The van der Waals surface area contributed by atoms with Gasteiger partial charge in [-0.2, -0.15) is 39.5 Å². The number of hydrogen-bond donors (Lipinski definition) is 1. The van der Waals surface area contributed by atoms with Crippen molar-refractivity contribution in [2.75, 3.05) is 18.0 Å². The molecule has 1 saturated heterocycles. The van der Waals surface area contributed by atoms with Crippen LogP contribution in [0.15, 0.2) is 30.3 Å². The summed E-state index contributed by atoms with van der Waals surface area (Å²) in [5.41, 5.74) is -4.23. The predicted octanol–water partition coefficient (Wildman–Crippen LogP) is 9.63. The quantitative estimate of drug-likeness (QED) is 0.251. The highest BCUT2D eigenvalue weighted by atomic mass is 19.4. The summed E-state index contributed by atoms with van der Waals surface area (Å²) in [6.07, 6.45) is -14.2. The maximum atomic E-state index is 14.1. The molecule has 1 amide bonds. The third kappa shape index (κ3) is 8.68. The number of nitrogens with zero attached hydrogens (tertiary/aromatic N) is 2. The highest BCUT2D eigenvalue weighted by molar-refractivity contribution is 5.72. The number of rotatable bonds is 10. The minimum Gasteiger partial charge on any atom is -0.481 e. The van der Waals surface area contributed by atoms with Crippen molar-refractivity contribution in [2.45, 2.75) is 96.5 Å². The first kappa shape index (κ1) is 37.2. The molecule has 2 aromatic rings. The number of alkyl halides is 9. The van der Waals surface area contributed by atoms with E-state index in [1.54, 1.807) is 0 Å². The van der Waals surface area contributed by atoms with Gasteiger partial charge in [-0.3, -0.25) is 9.69 Å². The largest absolute Gasteiger partial charge is 0.481 e. The van der Waals surface area contributed by atoms with Crippen LogP contribution in [0, 0.1) is 18.8 Å². The molecule has 0 spiro atoms. The first-order valence-electron chi connectivity index (χ1n) is 15.6. The maximum Gasteiger partial charge on any atom is 0.416 e. The van der Waals surface area contributed by atoms with Crippen LogP contribution in [0.5, 0.6) is 0 Å². The molecule has 48 heavy (non-hydrogen) atoms. The Morgan fingerprint density at radius 2 is 1.46 bits per heavy atom. The van der Waals surface area contributed by atoms with Crippen molar-refractivity contribution < 1.29 is 58.9 Å². The van der Waals surface area contributed by atoms with E-state index in [-0.39, 0.29) is 35.4 Å². The number of anilines is 1. The van der Waals surface area contributed by atoms with Crippen molar-refractivity contribution in [3.8, 4) is 0 Å². The summed E-state index contributed by atoms with van der Waals surface area (Å²) in [5, 5.41) is 9.14. The smallest absolute Gasteiger partial charge is 0.416 e. The second-order valence-electron chi connectivity index (χ2n) is 12.7. The molecule has 1 aliphatic carbocycles. The molecule has 0 radical (unpaired) electrons. The molecule has 0 aromatic heterocycles. The van der Waals surface area contributed by atoms with E-state index in [9.17, 15) is 49.1 Å². The van der Waals surface area contributed by atoms with Crippen LogP contribution in [0.3, 0.4) is 0 Å². The predicted molar refractivity (Wildman–Crippen MR) is 157 cm³/mol. The number of aliphatic carboxylic acids is 1. The van der Waals surface area contributed by atoms with Gasteiger partial charge in [-0.25, -0.2) is 4.79 Å². The molecule has 0 bridgehead atoms. The van der Waals surface area contributed by atoms with Crippen molar-refractivity contribution in [3.63, 3.8) is 0 Å². The fourth-order valence-corrected chi connectivity index (χ4v) is 6.71. The average Bonchev–Trinajstić information content (AvgIpc) is 3.25. The summed E-state index contributed by atoms with van der Waals surface area (Å²) in [4.78, 5) is 27.2. The monoisotopic (exact) mass is 696 g/mol. The normalized spacial score (nSPS) is 22.2. The number of carbonyl (C=O) groups is 2. The van der Waals surface area contributed by atoms with Crippen molar-refractivity contribution >= 4 is 17.7 Å². The van der Waals surface area contributed by atoms with Crippen molar-refractivity contribution in [1.29, 1.82) is 0 Å². The van der Waals surface area contributed by atoms with Gasteiger partial charge in [0.1, 0.15) is 6.10 Å². The topological polar surface area (TPSA) is 70.1 Å². The molecule has 0 unspecified atom stereocenters. The van der Waals surface area contributed by atoms with Crippen LogP contribution in [0.2, 0.25) is 0 Å². The molecule has 1 aliphatic heterocycles. The van der Waals surface area contributed by atoms with Gasteiger partial charge in [0.2, 0.25) is 0 Å². The van der Waals surface area contributed by atoms with Crippen LogP contribution >= 0.6 is 0 Å². The highest BCUT2D eigenvalue weighted by Crippen LogP contribution is 2.43. The van der Waals surface area contributed by atoms with E-state index in [0.29, 0.717) is 50.2 Å². The number of amides is 1. The summed E-state index contributed by atoms with van der Waals surface area (Å²) in [6.45, 7) is 5.00. The van der Waals surface area contributed by atoms with Crippen molar-refractivity contribution in [2.24, 2.45) is 11.8 Å². The molecule has 1 N–H and O–H groups in total. The first-order chi connectivity index (χ1) is 22.2. The SMILES string of the molecule is CCCN(CC1CCC(CC(=O)O)CC1)c1cc(C)c(C(F)(F)F)cc1CN1C(=O)O[C@H](c2cc(C(F)(F)F)cc(C(F)(F)F)c2)[C@@H]1C. The molecule has 2 atom stereocenters. The molecular formula is C33H37F9N2O4. The third-order valence-corrected chi connectivity index (χ3v) is 9.14. The Balaban J connectivity index is 1.68. The third-order valence-electron chi connectivity index (χ3n) is 9.14. The lowest BCUT2D eigenvalue weighted by Gasteiger charge is -2.35. The Morgan fingerprint density at radius 1 is 0.896 bits per heavy atom. The molecular weight excluding hydrogens is 659 g/mol. The zero-order valence-electron chi connectivity index (χ0n) is 26.5. The molecule has 2 fully saturated rings. The Kier molecular flexibility index (Phi) is 10.9. The Morgan fingerprint density at radius 3 is 1.96 bits per heavy atom. The second-order valence-corrected chi connectivity index (χ2v) is 12.7. The lowest BCUT2D eigenvalue weighted by Crippen LogP contribution is -2.35. The number of benzene rings is 2. The van der Waals surface area contributed by atoms with E-state index in [4.69, 9.17) is 9.84 Å². The van der Waals surface area contributed by atoms with Gasteiger partial charge in [-0.15, -0.1) is 0 Å². The minimum absolute atomic E-state index is 0.0408. The first-order valence-corrected chi connectivity index (χ1v) is 15.6. The number of carbonyl (C=O) groups excluding carboxylic acids is 1. The fraction of sp³-hybridized carbons (Fsp3) is 0.576. The van der Waals surface area contributed by atoms with Crippen LogP contribution in [0.1, 0.15) is 91.9 Å². The lowest BCUT2D eigenvalue weighted by atomic mass is 9.80. The molecule has 266 valence electrons. The van der Waals surface area contributed by atoms with Gasteiger partial charge in [0, 0.05) is 25.2 Å². The van der Waals surface area contributed by atoms with E-state index >= 15 is 0 Å². The Bertz CT molecular complexity index is 1450. The Hall–Kier alpha value is -3.65. The second kappa shape index (κ2) is 14.1. The lowest BCUT2D eigenvalue weighted by molar-refractivity contribution is -0.143. The van der Waals surface area contributed by atoms with E-state index in [0.717, 1.165) is 23.8 Å². The van der Waals surface area contributed by atoms with Gasteiger partial charge in [0.15, 0.2) is 0 Å². The molecule has 2 aromatic carbocycles. The van der Waals surface area contributed by atoms with E-state index in [1.807, 2.05) is 11.8 Å². The number of carboxylic acid groups (broad SMARTS) is 1. The fourth-order valence-electron chi connectivity index (χ4n) is 6.71. The van der Waals surface area contributed by atoms with Gasteiger partial charge >= 0.3 is 30.6 Å². The summed E-state index contributed by atoms with van der Waals surface area (Å²) >= 11 is 0. The van der Waals surface area contributed by atoms with Crippen LogP contribution in [-0.4, -0.2) is 41.2 Å². The molecule has 1 saturated carbocycles. The molecule has 15 heteroatoms. The average molecular weight is 697 g/mol. The molecule has 4 rings (SSSR count). The number of cyclic esters (lactones) is 1. The summed E-state index contributed by atoms with van der Waals surface area (Å²) in [6, 6.07) is 2.07. The van der Waals surface area contributed by atoms with Crippen LogP contribution in [0.25, 0.3) is 0 Å².